The van der Waals surface area contributed by atoms with Crippen LogP contribution in [0.15, 0.2) is 99.4 Å². The molecule has 0 aromatic heterocycles. The molecule has 0 aliphatic rings. The number of nitrogens with zero attached hydrogens (tertiary/aromatic N) is 2. The lowest BCUT2D eigenvalue weighted by Gasteiger charge is -2.25. The summed E-state index contributed by atoms with van der Waals surface area (Å²) in [5.41, 5.74) is 4.96. The smallest absolute Gasteiger partial charge is 0.264 e. The minimum Gasteiger partial charge on any atom is -0.493 e. The zero-order valence-electron chi connectivity index (χ0n) is 24.3. The number of hydrogen-bond acceptors (Lipinski definition) is 7. The van der Waals surface area contributed by atoms with E-state index in [1.807, 2.05) is 25.1 Å². The first-order valence-electron chi connectivity index (χ1n) is 13.5. The van der Waals surface area contributed by atoms with Crippen molar-refractivity contribution in [2.45, 2.75) is 25.3 Å². The standard InChI is InChI=1S/C32H31BrClN3O6S/c1-4-42-29-12-8-7-11-28(29)37(44(39,40)25-15-13-22(2)14-16-25)20-31(38)36-35-19-23-17-26(33)32(30(18-23)41-3)43-21-24-9-5-6-10-27(24)34/h5-19H,4,20-21H2,1-3H3,(H,36,38)/b35-19-. The Morgan fingerprint density at radius 3 is 2.41 bits per heavy atom. The Bertz CT molecular complexity index is 1750. The summed E-state index contributed by atoms with van der Waals surface area (Å²) in [6.45, 7) is 3.65. The van der Waals surface area contributed by atoms with Gasteiger partial charge in [0, 0.05) is 10.6 Å². The van der Waals surface area contributed by atoms with E-state index in [2.05, 4.69) is 26.5 Å². The first kappa shape index (κ1) is 32.8. The van der Waals surface area contributed by atoms with Crippen molar-refractivity contribution in [3.8, 4) is 17.2 Å². The molecule has 4 rings (SSSR count). The first-order chi connectivity index (χ1) is 21.1. The quantitative estimate of drug-likeness (QED) is 0.122. The number of methoxy groups -OCH3 is 1. The highest BCUT2D eigenvalue weighted by Crippen LogP contribution is 2.37. The molecule has 9 nitrogen and oxygen atoms in total. The van der Waals surface area contributed by atoms with E-state index < -0.39 is 22.5 Å². The molecule has 0 fully saturated rings. The third kappa shape index (κ3) is 8.10. The van der Waals surface area contributed by atoms with Gasteiger partial charge in [0.25, 0.3) is 15.9 Å². The number of ether oxygens (including phenoxy) is 3. The molecule has 0 atom stereocenters. The molecule has 1 N–H and O–H groups in total. The Morgan fingerprint density at radius 2 is 1.70 bits per heavy atom. The number of benzene rings is 4. The summed E-state index contributed by atoms with van der Waals surface area (Å²) in [6.07, 6.45) is 1.41. The second-order valence-electron chi connectivity index (χ2n) is 9.43. The Labute approximate surface area is 270 Å². The van der Waals surface area contributed by atoms with Crippen LogP contribution in [0.4, 0.5) is 5.69 Å². The fourth-order valence-electron chi connectivity index (χ4n) is 4.14. The van der Waals surface area contributed by atoms with E-state index in [0.717, 1.165) is 15.4 Å². The van der Waals surface area contributed by atoms with Crippen molar-refractivity contribution in [1.82, 2.24) is 5.43 Å². The van der Waals surface area contributed by atoms with Gasteiger partial charge in [0.2, 0.25) is 0 Å². The minimum atomic E-state index is -4.14. The molecule has 230 valence electrons. The molecular formula is C32H31BrClN3O6S. The highest BCUT2D eigenvalue weighted by molar-refractivity contribution is 9.10. The second-order valence-corrected chi connectivity index (χ2v) is 12.6. The highest BCUT2D eigenvalue weighted by atomic mass is 79.9. The average molecular weight is 701 g/mol. The summed E-state index contributed by atoms with van der Waals surface area (Å²) >= 11 is 9.75. The number of amides is 1. The zero-order valence-corrected chi connectivity index (χ0v) is 27.4. The molecule has 0 aliphatic heterocycles. The van der Waals surface area contributed by atoms with E-state index in [1.54, 1.807) is 61.5 Å². The summed E-state index contributed by atoms with van der Waals surface area (Å²) in [6, 6.07) is 23.9. The van der Waals surface area contributed by atoms with Crippen LogP contribution >= 0.6 is 27.5 Å². The molecule has 0 aliphatic carbocycles. The fraction of sp³-hybridized carbons (Fsp3) is 0.188. The minimum absolute atomic E-state index is 0.0412. The maximum absolute atomic E-state index is 13.7. The van der Waals surface area contributed by atoms with Crippen LogP contribution in [-0.4, -0.2) is 40.8 Å². The van der Waals surface area contributed by atoms with Gasteiger partial charge in [-0.25, -0.2) is 13.8 Å². The predicted octanol–water partition coefficient (Wildman–Crippen LogP) is 6.74. The Morgan fingerprint density at radius 1 is 1.00 bits per heavy atom. The summed E-state index contributed by atoms with van der Waals surface area (Å²) in [5.74, 6) is 0.574. The van der Waals surface area contributed by atoms with Crippen LogP contribution in [0.3, 0.4) is 0 Å². The molecule has 1 amide bonds. The van der Waals surface area contributed by atoms with Gasteiger partial charge < -0.3 is 14.2 Å². The van der Waals surface area contributed by atoms with Crippen LogP contribution in [0.1, 0.15) is 23.6 Å². The number of sulfonamides is 1. The Balaban J connectivity index is 1.53. The van der Waals surface area contributed by atoms with E-state index in [4.69, 9.17) is 25.8 Å². The number of hydrogen-bond donors (Lipinski definition) is 1. The summed E-state index contributed by atoms with van der Waals surface area (Å²) < 4.78 is 46.3. The normalized spacial score (nSPS) is 11.3. The van der Waals surface area contributed by atoms with E-state index in [-0.39, 0.29) is 17.2 Å². The lowest BCUT2D eigenvalue weighted by atomic mass is 10.2. The van der Waals surface area contributed by atoms with Gasteiger partial charge in [-0.2, -0.15) is 5.10 Å². The number of carbonyl (C=O) groups excluding carboxylic acids is 1. The van der Waals surface area contributed by atoms with Crippen LogP contribution in [0.25, 0.3) is 0 Å². The zero-order chi connectivity index (χ0) is 31.7. The molecule has 0 bridgehead atoms. The van der Waals surface area contributed by atoms with E-state index in [9.17, 15) is 13.2 Å². The number of anilines is 1. The molecule has 0 saturated heterocycles. The van der Waals surface area contributed by atoms with Crippen molar-refractivity contribution in [3.63, 3.8) is 0 Å². The molecule has 4 aromatic carbocycles. The largest absolute Gasteiger partial charge is 0.493 e. The second kappa shape index (κ2) is 15.1. The van der Waals surface area contributed by atoms with E-state index in [0.29, 0.717) is 38.9 Å². The van der Waals surface area contributed by atoms with Gasteiger partial charge in [0.05, 0.1) is 35.0 Å². The molecule has 0 unspecified atom stereocenters. The van der Waals surface area contributed by atoms with Gasteiger partial charge in [-0.1, -0.05) is 59.6 Å². The summed E-state index contributed by atoms with van der Waals surface area (Å²) in [4.78, 5) is 13.1. The number of para-hydroxylation sites is 2. The van der Waals surface area contributed by atoms with Crippen LogP contribution < -0.4 is 23.9 Å². The number of nitrogens with one attached hydrogen (secondary N) is 1. The molecule has 0 saturated carbocycles. The van der Waals surface area contributed by atoms with Crippen LogP contribution in [-0.2, 0) is 21.4 Å². The van der Waals surface area contributed by atoms with Crippen molar-refractivity contribution in [1.29, 1.82) is 0 Å². The third-order valence-electron chi connectivity index (χ3n) is 6.31. The number of carbonyl (C=O) groups is 1. The highest BCUT2D eigenvalue weighted by Gasteiger charge is 2.29. The SMILES string of the molecule is CCOc1ccccc1N(CC(=O)N/N=C\c1cc(Br)c(OCc2ccccc2Cl)c(OC)c1)S(=O)(=O)c1ccc(C)cc1. The predicted molar refractivity (Wildman–Crippen MR) is 176 cm³/mol. The van der Waals surface area contributed by atoms with Crippen molar-refractivity contribution >= 4 is 55.4 Å². The lowest BCUT2D eigenvalue weighted by Crippen LogP contribution is -2.39. The fourth-order valence-corrected chi connectivity index (χ4v) is 6.34. The molecule has 0 heterocycles. The molecular weight excluding hydrogens is 670 g/mol. The number of hydrazone groups is 1. The number of halogens is 2. The van der Waals surface area contributed by atoms with E-state index in [1.165, 1.54) is 25.5 Å². The average Bonchev–Trinajstić information content (AvgIpc) is 3.00. The monoisotopic (exact) mass is 699 g/mol. The van der Waals surface area contributed by atoms with Gasteiger partial charge in [-0.15, -0.1) is 0 Å². The topological polar surface area (TPSA) is 107 Å². The van der Waals surface area contributed by atoms with Crippen molar-refractivity contribution in [2.24, 2.45) is 5.10 Å². The third-order valence-corrected chi connectivity index (χ3v) is 9.05. The summed E-state index contributed by atoms with van der Waals surface area (Å²) in [7, 11) is -2.63. The van der Waals surface area contributed by atoms with Crippen LogP contribution in [0.2, 0.25) is 5.02 Å². The number of aryl methyl sites for hydroxylation is 1. The maximum atomic E-state index is 13.7. The maximum Gasteiger partial charge on any atom is 0.264 e. The van der Waals surface area contributed by atoms with Gasteiger partial charge in [0.1, 0.15) is 18.9 Å². The van der Waals surface area contributed by atoms with E-state index >= 15 is 0 Å². The molecule has 0 radical (unpaired) electrons. The number of rotatable bonds is 13. The van der Waals surface area contributed by atoms with Crippen LogP contribution in [0.5, 0.6) is 17.2 Å². The molecule has 44 heavy (non-hydrogen) atoms. The van der Waals surface area contributed by atoms with Crippen molar-refractivity contribution in [2.75, 3.05) is 24.6 Å². The van der Waals surface area contributed by atoms with Gasteiger partial charge in [0.15, 0.2) is 11.5 Å². The Kier molecular flexibility index (Phi) is 11.3. The lowest BCUT2D eigenvalue weighted by molar-refractivity contribution is -0.119. The van der Waals surface area contributed by atoms with Crippen molar-refractivity contribution < 1.29 is 27.4 Å². The van der Waals surface area contributed by atoms with Crippen molar-refractivity contribution in [3.05, 3.63) is 111 Å². The molecule has 12 heteroatoms. The first-order valence-corrected chi connectivity index (χ1v) is 16.1. The van der Waals surface area contributed by atoms with Gasteiger partial charge >= 0.3 is 0 Å². The van der Waals surface area contributed by atoms with Gasteiger partial charge in [-0.3, -0.25) is 9.10 Å². The Hall–Kier alpha value is -4.06. The molecule has 0 spiro atoms. The molecule has 4 aromatic rings. The van der Waals surface area contributed by atoms with Gasteiger partial charge in [-0.05, 0) is 77.8 Å². The van der Waals surface area contributed by atoms with Crippen LogP contribution in [0, 0.1) is 6.92 Å². The summed E-state index contributed by atoms with van der Waals surface area (Å²) in [5, 5.41) is 4.64.